The van der Waals surface area contributed by atoms with E-state index in [0.29, 0.717) is 5.56 Å². The lowest BCUT2D eigenvalue weighted by molar-refractivity contribution is -0.320. The zero-order valence-corrected chi connectivity index (χ0v) is 17.3. The zero-order chi connectivity index (χ0) is 20.0. The molecule has 2 saturated heterocycles. The Labute approximate surface area is 160 Å². The molecule has 0 spiro atoms. The van der Waals surface area contributed by atoms with Gasteiger partial charge in [-0.25, -0.2) is 4.79 Å². The highest BCUT2D eigenvalue weighted by Crippen LogP contribution is 2.41. The standard InChI is InChI=1S/C19H28O7Si/c1-18(2,3)27(4,5)23-11-13-14-15(19(21,22)17(20)25-14)26-16(24-13)12-9-7-6-8-10-12/h6-10,13-16,21-22H,11H2,1-5H3/t13-,14+,15-,16-/m0/s1. The van der Waals surface area contributed by atoms with Crippen molar-refractivity contribution in [2.24, 2.45) is 0 Å². The Kier molecular flexibility index (Phi) is 5.26. The Hall–Kier alpha value is -1.29. The fourth-order valence-corrected chi connectivity index (χ4v) is 3.88. The van der Waals surface area contributed by atoms with Crippen LogP contribution in [0.5, 0.6) is 0 Å². The van der Waals surface area contributed by atoms with Gasteiger partial charge in [-0.05, 0) is 18.1 Å². The highest BCUT2D eigenvalue weighted by atomic mass is 28.4. The van der Waals surface area contributed by atoms with Gasteiger partial charge in [0.1, 0.15) is 6.10 Å². The van der Waals surface area contributed by atoms with E-state index in [1.807, 2.05) is 30.3 Å². The minimum absolute atomic E-state index is 0.000464. The van der Waals surface area contributed by atoms with E-state index in [9.17, 15) is 15.0 Å². The summed E-state index contributed by atoms with van der Waals surface area (Å²) < 4.78 is 23.1. The summed E-state index contributed by atoms with van der Waals surface area (Å²) in [5, 5.41) is 20.3. The van der Waals surface area contributed by atoms with Gasteiger partial charge < -0.3 is 28.8 Å². The molecule has 4 atom stereocenters. The quantitative estimate of drug-likeness (QED) is 0.457. The van der Waals surface area contributed by atoms with Crippen LogP contribution in [0.15, 0.2) is 30.3 Å². The molecule has 0 unspecified atom stereocenters. The Morgan fingerprint density at radius 2 is 1.78 bits per heavy atom. The third-order valence-corrected chi connectivity index (χ3v) is 10.2. The molecule has 0 radical (unpaired) electrons. The largest absolute Gasteiger partial charge is 0.452 e. The second-order valence-electron chi connectivity index (χ2n) is 8.64. The van der Waals surface area contributed by atoms with Crippen LogP contribution in [-0.4, -0.2) is 55.2 Å². The molecule has 0 saturated carbocycles. The van der Waals surface area contributed by atoms with Gasteiger partial charge in [-0.3, -0.25) is 0 Å². The first-order chi connectivity index (χ1) is 12.4. The highest BCUT2D eigenvalue weighted by Gasteiger charge is 2.63. The molecule has 2 aliphatic heterocycles. The molecule has 150 valence electrons. The van der Waals surface area contributed by atoms with Gasteiger partial charge >= 0.3 is 5.97 Å². The van der Waals surface area contributed by atoms with E-state index in [0.717, 1.165) is 0 Å². The maximum Gasteiger partial charge on any atom is 0.370 e. The molecule has 27 heavy (non-hydrogen) atoms. The van der Waals surface area contributed by atoms with Crippen LogP contribution in [0.2, 0.25) is 18.1 Å². The first-order valence-electron chi connectivity index (χ1n) is 9.09. The molecular formula is C19H28O7Si. The van der Waals surface area contributed by atoms with Crippen molar-refractivity contribution in [2.45, 2.75) is 69.3 Å². The predicted molar refractivity (Wildman–Crippen MR) is 99.1 cm³/mol. The number of benzene rings is 1. The molecule has 2 fully saturated rings. The van der Waals surface area contributed by atoms with Crippen molar-refractivity contribution >= 4 is 14.3 Å². The third-order valence-electron chi connectivity index (χ3n) is 5.66. The van der Waals surface area contributed by atoms with Crippen molar-refractivity contribution in [3.63, 3.8) is 0 Å². The summed E-state index contributed by atoms with van der Waals surface area (Å²) in [6, 6.07) is 9.14. The van der Waals surface area contributed by atoms with Crippen molar-refractivity contribution in [3.05, 3.63) is 35.9 Å². The fourth-order valence-electron chi connectivity index (χ4n) is 2.87. The summed E-state index contributed by atoms with van der Waals surface area (Å²) in [5.41, 5.74) is 0.712. The van der Waals surface area contributed by atoms with E-state index in [1.165, 1.54) is 0 Å². The molecule has 2 aliphatic rings. The lowest BCUT2D eigenvalue weighted by atomic mass is 10.0. The van der Waals surface area contributed by atoms with Crippen LogP contribution in [-0.2, 0) is 23.4 Å². The van der Waals surface area contributed by atoms with Crippen LogP contribution in [0.3, 0.4) is 0 Å². The van der Waals surface area contributed by atoms with E-state index in [-0.39, 0.29) is 11.6 Å². The number of carbonyl (C=O) groups excluding carboxylic acids is 1. The lowest BCUT2D eigenvalue weighted by Crippen LogP contribution is -2.56. The SMILES string of the molecule is CC(C)(C)[Si](C)(C)OC[C@@H]1O[C@H](c2ccccc2)O[C@H]2[C@@H]1OC(=O)C2(O)O. The second kappa shape index (κ2) is 6.95. The van der Waals surface area contributed by atoms with Crippen LogP contribution >= 0.6 is 0 Å². The Balaban J connectivity index is 1.84. The molecule has 0 amide bonds. The molecule has 3 rings (SSSR count). The summed E-state index contributed by atoms with van der Waals surface area (Å²) in [4.78, 5) is 11.9. The molecule has 7 nitrogen and oxygen atoms in total. The van der Waals surface area contributed by atoms with Crippen molar-refractivity contribution in [1.82, 2.24) is 0 Å². The van der Waals surface area contributed by atoms with Crippen LogP contribution in [0.1, 0.15) is 32.6 Å². The van der Waals surface area contributed by atoms with Crippen molar-refractivity contribution in [2.75, 3.05) is 6.61 Å². The van der Waals surface area contributed by atoms with Gasteiger partial charge in [-0.2, -0.15) is 0 Å². The normalized spacial score (nSPS) is 30.7. The number of hydrogen-bond acceptors (Lipinski definition) is 7. The van der Waals surface area contributed by atoms with Gasteiger partial charge in [0, 0.05) is 5.56 Å². The number of carbonyl (C=O) groups is 1. The van der Waals surface area contributed by atoms with Crippen LogP contribution in [0, 0.1) is 0 Å². The maximum atomic E-state index is 11.9. The Morgan fingerprint density at radius 1 is 1.15 bits per heavy atom. The minimum Gasteiger partial charge on any atom is -0.452 e. The highest BCUT2D eigenvalue weighted by molar-refractivity contribution is 6.74. The summed E-state index contributed by atoms with van der Waals surface area (Å²) in [6.45, 7) is 10.8. The molecule has 2 N–H and O–H groups in total. The number of ether oxygens (including phenoxy) is 3. The summed E-state index contributed by atoms with van der Waals surface area (Å²) in [7, 11) is -2.07. The number of esters is 1. The van der Waals surface area contributed by atoms with Crippen molar-refractivity contribution in [3.8, 4) is 0 Å². The zero-order valence-electron chi connectivity index (χ0n) is 16.3. The number of aliphatic hydroxyl groups is 2. The second-order valence-corrected chi connectivity index (χ2v) is 13.5. The van der Waals surface area contributed by atoms with Gasteiger partial charge in [0.15, 0.2) is 26.8 Å². The van der Waals surface area contributed by atoms with Crippen LogP contribution < -0.4 is 0 Å². The van der Waals surface area contributed by atoms with Gasteiger partial charge in [-0.15, -0.1) is 0 Å². The summed E-state index contributed by atoms with van der Waals surface area (Å²) in [5.74, 6) is -3.84. The third kappa shape index (κ3) is 3.83. The molecule has 0 aromatic heterocycles. The predicted octanol–water partition coefficient (Wildman–Crippen LogP) is 2.10. The first kappa shape index (κ1) is 20.4. The number of fused-ring (bicyclic) bond motifs is 1. The molecule has 0 bridgehead atoms. The maximum absolute atomic E-state index is 11.9. The Bertz CT molecular complexity index is 683. The van der Waals surface area contributed by atoms with E-state index < -0.39 is 44.7 Å². The van der Waals surface area contributed by atoms with E-state index in [2.05, 4.69) is 33.9 Å². The van der Waals surface area contributed by atoms with Gasteiger partial charge in [0.25, 0.3) is 5.79 Å². The van der Waals surface area contributed by atoms with Crippen molar-refractivity contribution < 1.29 is 33.6 Å². The lowest BCUT2D eigenvalue weighted by Gasteiger charge is -2.41. The molecule has 1 aromatic carbocycles. The van der Waals surface area contributed by atoms with E-state index >= 15 is 0 Å². The number of hydrogen-bond donors (Lipinski definition) is 2. The van der Waals surface area contributed by atoms with Crippen LogP contribution in [0.4, 0.5) is 0 Å². The molecule has 1 aromatic rings. The Morgan fingerprint density at radius 3 is 2.37 bits per heavy atom. The van der Waals surface area contributed by atoms with Gasteiger partial charge in [0.05, 0.1) is 6.61 Å². The van der Waals surface area contributed by atoms with Crippen molar-refractivity contribution in [1.29, 1.82) is 0 Å². The summed E-state index contributed by atoms with van der Waals surface area (Å²) >= 11 is 0. The van der Waals surface area contributed by atoms with Gasteiger partial charge in [0.2, 0.25) is 0 Å². The average Bonchev–Trinajstić information content (AvgIpc) is 2.82. The average molecular weight is 397 g/mol. The first-order valence-corrected chi connectivity index (χ1v) is 12.0. The van der Waals surface area contributed by atoms with E-state index in [1.54, 1.807) is 0 Å². The monoisotopic (exact) mass is 396 g/mol. The van der Waals surface area contributed by atoms with E-state index in [4.69, 9.17) is 18.6 Å². The summed E-state index contributed by atoms with van der Waals surface area (Å²) in [6.07, 6.45) is -3.73. The molecule has 8 heteroatoms. The fraction of sp³-hybridized carbons (Fsp3) is 0.632. The topological polar surface area (TPSA) is 94.5 Å². The van der Waals surface area contributed by atoms with Gasteiger partial charge in [-0.1, -0.05) is 51.1 Å². The smallest absolute Gasteiger partial charge is 0.370 e. The minimum atomic E-state index is -2.71. The molecule has 2 heterocycles. The number of rotatable bonds is 4. The molecule has 0 aliphatic carbocycles. The molecular weight excluding hydrogens is 368 g/mol. The van der Waals surface area contributed by atoms with Crippen LogP contribution in [0.25, 0.3) is 0 Å².